The summed E-state index contributed by atoms with van der Waals surface area (Å²) in [6, 6.07) is 21.3. The standard InChI is InChI=1S/C26H28N2O3/c1-19-11-13-28(14-12-19)25(29)18-31-24-16-22-10-6-5-9-21(22)15-23(24)26(30)27-17-20-7-3-2-4-8-20/h2-10,15-16,19H,11-14,17-18H2,1H3,(H,27,30). The molecule has 1 N–H and O–H groups in total. The molecule has 0 unspecified atom stereocenters. The molecule has 31 heavy (non-hydrogen) atoms. The molecule has 0 radical (unpaired) electrons. The highest BCUT2D eigenvalue weighted by Gasteiger charge is 2.22. The van der Waals surface area contributed by atoms with Crippen molar-refractivity contribution >= 4 is 22.6 Å². The van der Waals surface area contributed by atoms with Crippen molar-refractivity contribution < 1.29 is 14.3 Å². The maximum Gasteiger partial charge on any atom is 0.260 e. The fourth-order valence-corrected chi connectivity index (χ4v) is 3.88. The molecule has 2 amide bonds. The van der Waals surface area contributed by atoms with Crippen LogP contribution in [0.2, 0.25) is 0 Å². The summed E-state index contributed by atoms with van der Waals surface area (Å²) in [7, 11) is 0. The molecule has 1 saturated heterocycles. The molecule has 1 aliphatic heterocycles. The average Bonchev–Trinajstić information content (AvgIpc) is 2.81. The van der Waals surface area contributed by atoms with E-state index in [1.165, 1.54) is 0 Å². The van der Waals surface area contributed by atoms with Crippen molar-refractivity contribution in [3.05, 3.63) is 77.9 Å². The quantitative estimate of drug-likeness (QED) is 0.648. The third-order valence-corrected chi connectivity index (χ3v) is 5.88. The van der Waals surface area contributed by atoms with Crippen molar-refractivity contribution in [1.82, 2.24) is 10.2 Å². The summed E-state index contributed by atoms with van der Waals surface area (Å²) in [6.45, 7) is 4.12. The van der Waals surface area contributed by atoms with Crippen LogP contribution in [0.25, 0.3) is 10.8 Å². The van der Waals surface area contributed by atoms with Gasteiger partial charge in [-0.15, -0.1) is 0 Å². The Balaban J connectivity index is 1.50. The van der Waals surface area contributed by atoms with Crippen LogP contribution in [0.15, 0.2) is 66.7 Å². The third-order valence-electron chi connectivity index (χ3n) is 5.88. The fraction of sp³-hybridized carbons (Fsp3) is 0.308. The van der Waals surface area contributed by atoms with E-state index in [4.69, 9.17) is 4.74 Å². The minimum Gasteiger partial charge on any atom is -0.483 e. The molecule has 0 aliphatic carbocycles. The molecule has 1 heterocycles. The molecule has 0 atom stereocenters. The van der Waals surface area contributed by atoms with Gasteiger partial charge in [0.15, 0.2) is 6.61 Å². The fourth-order valence-electron chi connectivity index (χ4n) is 3.88. The largest absolute Gasteiger partial charge is 0.483 e. The number of hydrogen-bond acceptors (Lipinski definition) is 3. The van der Waals surface area contributed by atoms with Crippen molar-refractivity contribution in [3.8, 4) is 5.75 Å². The van der Waals surface area contributed by atoms with E-state index in [2.05, 4.69) is 12.2 Å². The molecule has 3 aromatic carbocycles. The zero-order valence-corrected chi connectivity index (χ0v) is 17.8. The van der Waals surface area contributed by atoms with Crippen LogP contribution in [0.3, 0.4) is 0 Å². The number of amides is 2. The van der Waals surface area contributed by atoms with Gasteiger partial charge < -0.3 is 15.0 Å². The second kappa shape index (κ2) is 9.65. The van der Waals surface area contributed by atoms with Gasteiger partial charge in [-0.2, -0.15) is 0 Å². The van der Waals surface area contributed by atoms with Gasteiger partial charge in [-0.25, -0.2) is 0 Å². The number of piperidine rings is 1. The van der Waals surface area contributed by atoms with Crippen LogP contribution < -0.4 is 10.1 Å². The first-order valence-corrected chi connectivity index (χ1v) is 10.9. The van der Waals surface area contributed by atoms with E-state index in [0.29, 0.717) is 23.8 Å². The molecule has 5 heteroatoms. The Bertz CT molecular complexity index is 1060. The van der Waals surface area contributed by atoms with Crippen molar-refractivity contribution in [2.45, 2.75) is 26.3 Å². The van der Waals surface area contributed by atoms with Crippen LogP contribution in [0.5, 0.6) is 5.75 Å². The SMILES string of the molecule is CC1CCN(C(=O)COc2cc3ccccc3cc2C(=O)NCc2ccccc2)CC1. The highest BCUT2D eigenvalue weighted by atomic mass is 16.5. The van der Waals surface area contributed by atoms with Crippen LogP contribution in [-0.2, 0) is 11.3 Å². The molecule has 3 aromatic rings. The summed E-state index contributed by atoms with van der Waals surface area (Å²) >= 11 is 0. The third kappa shape index (κ3) is 5.23. The van der Waals surface area contributed by atoms with Gasteiger partial charge in [0, 0.05) is 19.6 Å². The van der Waals surface area contributed by atoms with Crippen LogP contribution in [0, 0.1) is 5.92 Å². The van der Waals surface area contributed by atoms with Crippen molar-refractivity contribution in [2.24, 2.45) is 5.92 Å². The van der Waals surface area contributed by atoms with E-state index >= 15 is 0 Å². The van der Waals surface area contributed by atoms with Crippen LogP contribution >= 0.6 is 0 Å². The molecule has 0 spiro atoms. The highest BCUT2D eigenvalue weighted by molar-refractivity contribution is 6.01. The molecular weight excluding hydrogens is 388 g/mol. The molecular formula is C26H28N2O3. The van der Waals surface area contributed by atoms with Crippen molar-refractivity contribution in [1.29, 1.82) is 0 Å². The van der Waals surface area contributed by atoms with Crippen LogP contribution in [-0.4, -0.2) is 36.4 Å². The molecule has 0 bridgehead atoms. The van der Waals surface area contributed by atoms with Gasteiger partial charge in [-0.3, -0.25) is 9.59 Å². The number of benzene rings is 3. The molecule has 160 valence electrons. The first-order chi connectivity index (χ1) is 15.1. The maximum atomic E-state index is 13.0. The van der Waals surface area contributed by atoms with Gasteiger partial charge in [-0.1, -0.05) is 61.5 Å². The number of nitrogens with one attached hydrogen (secondary N) is 1. The topological polar surface area (TPSA) is 58.6 Å². The summed E-state index contributed by atoms with van der Waals surface area (Å²) in [5.41, 5.74) is 1.46. The van der Waals surface area contributed by atoms with Crippen molar-refractivity contribution in [3.63, 3.8) is 0 Å². The normalized spacial score (nSPS) is 14.4. The Hall–Kier alpha value is -3.34. The predicted molar refractivity (Wildman–Crippen MR) is 122 cm³/mol. The number of fused-ring (bicyclic) bond motifs is 1. The summed E-state index contributed by atoms with van der Waals surface area (Å²) in [6.07, 6.45) is 2.05. The summed E-state index contributed by atoms with van der Waals surface area (Å²) in [4.78, 5) is 27.5. The number of rotatable bonds is 6. The van der Waals surface area contributed by atoms with Gasteiger partial charge in [0.05, 0.1) is 5.56 Å². The monoisotopic (exact) mass is 416 g/mol. The first-order valence-electron chi connectivity index (χ1n) is 10.9. The lowest BCUT2D eigenvalue weighted by Crippen LogP contribution is -2.40. The Morgan fingerprint density at radius 2 is 1.61 bits per heavy atom. The van der Waals surface area contributed by atoms with Gasteiger partial charge >= 0.3 is 0 Å². The number of carbonyl (C=O) groups excluding carboxylic acids is 2. The van der Waals surface area contributed by atoms with Crippen molar-refractivity contribution in [2.75, 3.05) is 19.7 Å². The number of nitrogens with zero attached hydrogens (tertiary/aromatic N) is 1. The van der Waals surface area contributed by atoms with E-state index in [1.54, 1.807) is 0 Å². The number of hydrogen-bond donors (Lipinski definition) is 1. The van der Waals surface area contributed by atoms with E-state index in [1.807, 2.05) is 71.6 Å². The Morgan fingerprint density at radius 1 is 0.968 bits per heavy atom. The second-order valence-corrected chi connectivity index (χ2v) is 8.22. The smallest absolute Gasteiger partial charge is 0.260 e. The average molecular weight is 417 g/mol. The van der Waals surface area contributed by atoms with Crippen LogP contribution in [0.4, 0.5) is 0 Å². The van der Waals surface area contributed by atoms with E-state index in [-0.39, 0.29) is 18.4 Å². The lowest BCUT2D eigenvalue weighted by atomic mass is 9.99. The lowest BCUT2D eigenvalue weighted by Gasteiger charge is -2.30. The number of carbonyl (C=O) groups is 2. The lowest BCUT2D eigenvalue weighted by molar-refractivity contribution is -0.134. The summed E-state index contributed by atoms with van der Waals surface area (Å²) < 4.78 is 5.91. The minimum absolute atomic E-state index is 0.0318. The summed E-state index contributed by atoms with van der Waals surface area (Å²) in [5, 5.41) is 4.89. The molecule has 0 saturated carbocycles. The highest BCUT2D eigenvalue weighted by Crippen LogP contribution is 2.27. The van der Waals surface area contributed by atoms with Gasteiger partial charge in [0.25, 0.3) is 11.8 Å². The Morgan fingerprint density at radius 3 is 2.32 bits per heavy atom. The first kappa shape index (κ1) is 20.9. The maximum absolute atomic E-state index is 13.0. The molecule has 1 aliphatic rings. The molecule has 5 nitrogen and oxygen atoms in total. The number of likely N-dealkylation sites (tertiary alicyclic amines) is 1. The predicted octanol–water partition coefficient (Wildman–Crippen LogP) is 4.41. The molecule has 1 fully saturated rings. The van der Waals surface area contributed by atoms with E-state index < -0.39 is 0 Å². The van der Waals surface area contributed by atoms with E-state index in [0.717, 1.165) is 42.3 Å². The molecule has 4 rings (SSSR count). The Kier molecular flexibility index (Phi) is 6.51. The second-order valence-electron chi connectivity index (χ2n) is 8.22. The zero-order chi connectivity index (χ0) is 21.6. The van der Waals surface area contributed by atoms with Crippen LogP contribution in [0.1, 0.15) is 35.7 Å². The minimum atomic E-state index is -0.219. The van der Waals surface area contributed by atoms with Gasteiger partial charge in [0.2, 0.25) is 0 Å². The number of ether oxygens (including phenoxy) is 1. The zero-order valence-electron chi connectivity index (χ0n) is 17.8. The Labute approximate surface area is 183 Å². The van der Waals surface area contributed by atoms with Gasteiger partial charge in [0.1, 0.15) is 5.75 Å². The molecule has 0 aromatic heterocycles. The van der Waals surface area contributed by atoms with E-state index in [9.17, 15) is 9.59 Å². The summed E-state index contributed by atoms with van der Waals surface area (Å²) in [5.74, 6) is 0.841. The van der Waals surface area contributed by atoms with Gasteiger partial charge in [-0.05, 0) is 47.2 Å².